The van der Waals surface area contributed by atoms with Crippen LogP contribution in [0, 0.1) is 5.82 Å². The number of anilines is 1. The second-order valence-electron chi connectivity index (χ2n) is 6.88. The summed E-state index contributed by atoms with van der Waals surface area (Å²) in [4.78, 5) is 25.5. The molecule has 162 valence electrons. The molecule has 1 aliphatic rings. The van der Waals surface area contributed by atoms with E-state index in [-0.39, 0.29) is 23.7 Å². The van der Waals surface area contributed by atoms with Crippen molar-refractivity contribution in [3.05, 3.63) is 94.3 Å². The highest BCUT2D eigenvalue weighted by atomic mass is 35.5. The zero-order valence-corrected chi connectivity index (χ0v) is 17.7. The van der Waals surface area contributed by atoms with Gasteiger partial charge in [0.1, 0.15) is 18.0 Å². The summed E-state index contributed by atoms with van der Waals surface area (Å²) < 4.78 is 25.2. The first-order valence-electron chi connectivity index (χ1n) is 9.64. The molecule has 3 aromatic carbocycles. The number of rotatable bonds is 6. The van der Waals surface area contributed by atoms with Gasteiger partial charge in [0.25, 0.3) is 11.8 Å². The topological polar surface area (TPSA) is 67.9 Å². The molecule has 0 saturated carbocycles. The van der Waals surface area contributed by atoms with Crippen LogP contribution in [0.3, 0.4) is 0 Å². The zero-order valence-electron chi connectivity index (χ0n) is 17.0. The molecule has 1 saturated heterocycles. The molecule has 0 aromatic heterocycles. The standard InChI is InChI=1S/C24H18ClFN2O4/c1-31-21-13-17(25)11-16(22(21)32-14-15-7-5-6-10-20(15)26)12-19-23(29)27-28(24(19)30)18-8-3-2-4-9-18/h2-13H,14H2,1H3,(H,27,29)/b19-12-. The van der Waals surface area contributed by atoms with E-state index in [1.807, 2.05) is 0 Å². The third-order valence-corrected chi connectivity index (χ3v) is 5.02. The van der Waals surface area contributed by atoms with Gasteiger partial charge in [-0.05, 0) is 30.3 Å². The van der Waals surface area contributed by atoms with Crippen LogP contribution in [0.5, 0.6) is 11.5 Å². The van der Waals surface area contributed by atoms with Crippen LogP contribution in [0.25, 0.3) is 6.08 Å². The predicted molar refractivity (Wildman–Crippen MR) is 119 cm³/mol. The Morgan fingerprint density at radius 1 is 1.06 bits per heavy atom. The van der Waals surface area contributed by atoms with Crippen molar-refractivity contribution in [2.24, 2.45) is 0 Å². The highest BCUT2D eigenvalue weighted by molar-refractivity contribution is 6.32. The van der Waals surface area contributed by atoms with Gasteiger partial charge < -0.3 is 9.47 Å². The lowest BCUT2D eigenvalue weighted by atomic mass is 10.1. The third kappa shape index (κ3) is 4.29. The van der Waals surface area contributed by atoms with Crippen molar-refractivity contribution in [1.82, 2.24) is 5.43 Å². The molecule has 0 radical (unpaired) electrons. The fraction of sp³-hybridized carbons (Fsp3) is 0.0833. The van der Waals surface area contributed by atoms with Crippen LogP contribution in [0.2, 0.25) is 5.02 Å². The number of ether oxygens (including phenoxy) is 2. The molecule has 0 spiro atoms. The smallest absolute Gasteiger partial charge is 0.282 e. The molecule has 1 N–H and O–H groups in total. The Labute approximate surface area is 188 Å². The van der Waals surface area contributed by atoms with Gasteiger partial charge >= 0.3 is 0 Å². The Kier molecular flexibility index (Phi) is 6.09. The van der Waals surface area contributed by atoms with E-state index in [2.05, 4.69) is 5.43 Å². The molecular weight excluding hydrogens is 435 g/mol. The Morgan fingerprint density at radius 3 is 2.50 bits per heavy atom. The minimum Gasteiger partial charge on any atom is -0.493 e. The molecule has 1 fully saturated rings. The van der Waals surface area contributed by atoms with E-state index in [9.17, 15) is 14.0 Å². The molecule has 6 nitrogen and oxygen atoms in total. The number of hydrogen-bond acceptors (Lipinski definition) is 4. The molecule has 0 unspecified atom stereocenters. The molecule has 1 heterocycles. The largest absolute Gasteiger partial charge is 0.493 e. The number of hydrazine groups is 1. The van der Waals surface area contributed by atoms with E-state index >= 15 is 0 Å². The number of carbonyl (C=O) groups is 2. The number of hydrogen-bond donors (Lipinski definition) is 1. The van der Waals surface area contributed by atoms with Crippen LogP contribution in [0.15, 0.2) is 72.3 Å². The maximum atomic E-state index is 14.0. The Hall–Kier alpha value is -3.84. The van der Waals surface area contributed by atoms with Crippen molar-refractivity contribution in [2.45, 2.75) is 6.61 Å². The average molecular weight is 453 g/mol. The fourth-order valence-corrected chi connectivity index (χ4v) is 3.46. The number of methoxy groups -OCH3 is 1. The number of nitrogens with zero attached hydrogens (tertiary/aromatic N) is 1. The lowest BCUT2D eigenvalue weighted by Crippen LogP contribution is -2.35. The van der Waals surface area contributed by atoms with E-state index in [0.717, 1.165) is 5.01 Å². The summed E-state index contributed by atoms with van der Waals surface area (Å²) in [5.41, 5.74) is 3.65. The Bertz CT molecular complexity index is 1210. The lowest BCUT2D eigenvalue weighted by molar-refractivity contribution is -0.117. The first-order valence-corrected chi connectivity index (χ1v) is 10.0. The van der Waals surface area contributed by atoms with Gasteiger partial charge in [0.05, 0.1) is 12.8 Å². The van der Waals surface area contributed by atoms with Gasteiger partial charge in [0.15, 0.2) is 11.5 Å². The number of halogens is 2. The van der Waals surface area contributed by atoms with Gasteiger partial charge in [-0.3, -0.25) is 15.0 Å². The molecule has 0 bridgehead atoms. The Balaban J connectivity index is 1.70. The summed E-state index contributed by atoms with van der Waals surface area (Å²) in [6, 6.07) is 18.0. The quantitative estimate of drug-likeness (QED) is 0.441. The summed E-state index contributed by atoms with van der Waals surface area (Å²) in [5.74, 6) is -1.000. The summed E-state index contributed by atoms with van der Waals surface area (Å²) in [5, 5.41) is 1.48. The molecular formula is C24H18ClFN2O4. The number of nitrogens with one attached hydrogen (secondary N) is 1. The summed E-state index contributed by atoms with van der Waals surface area (Å²) in [6.45, 7) is -0.0862. The van der Waals surface area contributed by atoms with Crippen molar-refractivity contribution >= 4 is 35.2 Å². The first-order chi connectivity index (χ1) is 15.5. The summed E-state index contributed by atoms with van der Waals surface area (Å²) in [6.07, 6.45) is 1.38. The fourth-order valence-electron chi connectivity index (χ4n) is 3.24. The van der Waals surface area contributed by atoms with E-state index in [0.29, 0.717) is 21.8 Å². The van der Waals surface area contributed by atoms with Gasteiger partial charge in [0.2, 0.25) is 0 Å². The van der Waals surface area contributed by atoms with E-state index < -0.39 is 17.6 Å². The third-order valence-electron chi connectivity index (χ3n) is 4.80. The van der Waals surface area contributed by atoms with Crippen LogP contribution in [0.4, 0.5) is 10.1 Å². The van der Waals surface area contributed by atoms with Gasteiger partial charge in [-0.15, -0.1) is 0 Å². The molecule has 0 atom stereocenters. The molecule has 32 heavy (non-hydrogen) atoms. The molecule has 2 amide bonds. The molecule has 4 rings (SSSR count). The number of benzene rings is 3. The van der Waals surface area contributed by atoms with Crippen molar-refractivity contribution in [2.75, 3.05) is 12.1 Å². The van der Waals surface area contributed by atoms with Crippen molar-refractivity contribution in [3.8, 4) is 11.5 Å². The molecule has 3 aromatic rings. The zero-order chi connectivity index (χ0) is 22.7. The Morgan fingerprint density at radius 2 is 1.78 bits per heavy atom. The van der Waals surface area contributed by atoms with Gasteiger partial charge in [-0.25, -0.2) is 9.40 Å². The van der Waals surface area contributed by atoms with Crippen LogP contribution < -0.4 is 19.9 Å². The summed E-state index contributed by atoms with van der Waals surface area (Å²) >= 11 is 6.21. The molecule has 8 heteroatoms. The lowest BCUT2D eigenvalue weighted by Gasteiger charge is -2.15. The number of para-hydroxylation sites is 1. The monoisotopic (exact) mass is 452 g/mol. The van der Waals surface area contributed by atoms with Gasteiger partial charge in [-0.1, -0.05) is 48.0 Å². The van der Waals surface area contributed by atoms with Crippen LogP contribution in [-0.2, 0) is 16.2 Å². The van der Waals surface area contributed by atoms with Crippen molar-refractivity contribution < 1.29 is 23.5 Å². The van der Waals surface area contributed by atoms with E-state index in [1.165, 1.54) is 25.3 Å². The van der Waals surface area contributed by atoms with Crippen molar-refractivity contribution in [1.29, 1.82) is 0 Å². The van der Waals surface area contributed by atoms with Crippen LogP contribution >= 0.6 is 11.6 Å². The van der Waals surface area contributed by atoms with E-state index in [1.54, 1.807) is 54.6 Å². The van der Waals surface area contributed by atoms with Crippen LogP contribution in [0.1, 0.15) is 11.1 Å². The summed E-state index contributed by atoms with van der Waals surface area (Å²) in [7, 11) is 1.43. The number of carbonyl (C=O) groups excluding carboxylic acids is 2. The van der Waals surface area contributed by atoms with Crippen molar-refractivity contribution in [3.63, 3.8) is 0 Å². The molecule has 0 aliphatic carbocycles. The van der Waals surface area contributed by atoms with Gasteiger partial charge in [-0.2, -0.15) is 0 Å². The van der Waals surface area contributed by atoms with E-state index in [4.69, 9.17) is 21.1 Å². The highest BCUT2D eigenvalue weighted by Crippen LogP contribution is 2.37. The first kappa shape index (κ1) is 21.4. The minimum absolute atomic E-state index is 0.0862. The highest BCUT2D eigenvalue weighted by Gasteiger charge is 2.34. The minimum atomic E-state index is -0.571. The predicted octanol–water partition coefficient (Wildman–Crippen LogP) is 4.53. The van der Waals surface area contributed by atoms with Crippen LogP contribution in [-0.4, -0.2) is 18.9 Å². The second kappa shape index (κ2) is 9.11. The SMILES string of the molecule is COc1cc(Cl)cc(/C=C2/C(=O)NN(c3ccccc3)C2=O)c1OCc1ccccc1F. The van der Waals surface area contributed by atoms with Gasteiger partial charge in [0, 0.05) is 22.2 Å². The average Bonchev–Trinajstić information content (AvgIpc) is 3.08. The maximum Gasteiger partial charge on any atom is 0.282 e. The number of amides is 2. The maximum absolute atomic E-state index is 14.0. The molecule has 1 aliphatic heterocycles. The second-order valence-corrected chi connectivity index (χ2v) is 7.32. The normalized spacial score (nSPS) is 14.6.